The van der Waals surface area contributed by atoms with Crippen molar-refractivity contribution in [3.05, 3.63) is 53.7 Å². The van der Waals surface area contributed by atoms with Crippen LogP contribution in [-0.2, 0) is 0 Å². The lowest BCUT2D eigenvalue weighted by molar-refractivity contribution is 0.100. The second-order valence-electron chi connectivity index (χ2n) is 5.08. The van der Waals surface area contributed by atoms with Crippen molar-refractivity contribution in [1.82, 2.24) is 10.3 Å². The van der Waals surface area contributed by atoms with Crippen LogP contribution in [0.3, 0.4) is 0 Å². The lowest BCUT2D eigenvalue weighted by atomic mass is 9.96. The molecule has 1 aliphatic heterocycles. The van der Waals surface area contributed by atoms with Crippen molar-refractivity contribution in [2.24, 2.45) is 5.73 Å². The first-order chi connectivity index (χ1) is 9.75. The van der Waals surface area contributed by atoms with Crippen LogP contribution in [0, 0.1) is 0 Å². The van der Waals surface area contributed by atoms with E-state index < -0.39 is 5.91 Å². The molecule has 1 aromatic heterocycles. The lowest BCUT2D eigenvalue weighted by Gasteiger charge is -2.10. The van der Waals surface area contributed by atoms with Gasteiger partial charge in [-0.15, -0.1) is 0 Å². The van der Waals surface area contributed by atoms with E-state index >= 15 is 0 Å². The number of carbonyl (C=O) groups is 1. The quantitative estimate of drug-likeness (QED) is 0.892. The predicted octanol–water partition coefficient (Wildman–Crippen LogP) is 1.92. The average molecular weight is 267 g/mol. The number of hydrogen-bond acceptors (Lipinski definition) is 3. The molecule has 0 saturated carbocycles. The molecular formula is C16H17N3O. The number of pyridine rings is 1. The third-order valence-electron chi connectivity index (χ3n) is 3.79. The van der Waals surface area contributed by atoms with Crippen LogP contribution in [0.1, 0.15) is 28.3 Å². The third kappa shape index (κ3) is 2.42. The fraction of sp³-hybridized carbons (Fsp3) is 0.250. The van der Waals surface area contributed by atoms with Gasteiger partial charge in [0.05, 0.1) is 11.3 Å². The maximum atomic E-state index is 11.4. The standard InChI is InChI=1S/C16H17N3O/c17-16(20)14-2-1-8-19-15(14)12-5-3-11(4-6-12)13-7-9-18-10-13/h1-6,8,13,18H,7,9-10H2,(H2,17,20). The molecule has 1 fully saturated rings. The van der Waals surface area contributed by atoms with E-state index in [1.807, 2.05) is 12.1 Å². The van der Waals surface area contributed by atoms with Crippen molar-refractivity contribution in [2.45, 2.75) is 12.3 Å². The number of nitrogens with one attached hydrogen (secondary N) is 1. The van der Waals surface area contributed by atoms with E-state index in [4.69, 9.17) is 5.73 Å². The molecule has 1 saturated heterocycles. The Labute approximate surface area is 118 Å². The molecule has 0 aliphatic carbocycles. The summed E-state index contributed by atoms with van der Waals surface area (Å²) in [7, 11) is 0. The van der Waals surface area contributed by atoms with E-state index in [1.165, 1.54) is 12.0 Å². The summed E-state index contributed by atoms with van der Waals surface area (Å²) in [6, 6.07) is 11.7. The molecule has 1 unspecified atom stereocenters. The summed E-state index contributed by atoms with van der Waals surface area (Å²) in [5, 5.41) is 3.37. The molecule has 1 aromatic carbocycles. The first-order valence-corrected chi connectivity index (χ1v) is 6.81. The van der Waals surface area contributed by atoms with Crippen LogP contribution in [-0.4, -0.2) is 24.0 Å². The number of nitrogens with two attached hydrogens (primary N) is 1. The molecule has 1 amide bonds. The van der Waals surface area contributed by atoms with Gasteiger partial charge >= 0.3 is 0 Å². The zero-order valence-electron chi connectivity index (χ0n) is 11.2. The molecule has 0 radical (unpaired) electrons. The molecule has 0 spiro atoms. The number of amides is 1. The number of rotatable bonds is 3. The molecule has 0 bridgehead atoms. The number of benzene rings is 1. The van der Waals surface area contributed by atoms with E-state index in [-0.39, 0.29) is 0 Å². The molecule has 2 heterocycles. The Hall–Kier alpha value is -2.20. The van der Waals surface area contributed by atoms with Gasteiger partial charge in [0.1, 0.15) is 0 Å². The van der Waals surface area contributed by atoms with Gasteiger partial charge in [-0.1, -0.05) is 24.3 Å². The molecule has 4 heteroatoms. The SMILES string of the molecule is NC(=O)c1cccnc1-c1ccc(C2CCNC2)cc1. The number of primary amides is 1. The maximum Gasteiger partial charge on any atom is 0.250 e. The molecule has 1 aliphatic rings. The van der Waals surface area contributed by atoms with Gasteiger partial charge in [0.15, 0.2) is 0 Å². The van der Waals surface area contributed by atoms with Gasteiger partial charge in [-0.3, -0.25) is 9.78 Å². The molecular weight excluding hydrogens is 250 g/mol. The van der Waals surface area contributed by atoms with E-state index in [2.05, 4.69) is 22.4 Å². The Kier molecular flexibility index (Phi) is 3.48. The van der Waals surface area contributed by atoms with Crippen molar-refractivity contribution in [3.63, 3.8) is 0 Å². The minimum atomic E-state index is -0.447. The molecule has 3 rings (SSSR count). The second kappa shape index (κ2) is 5.43. The van der Waals surface area contributed by atoms with Crippen LogP contribution < -0.4 is 11.1 Å². The molecule has 102 valence electrons. The average Bonchev–Trinajstić information content (AvgIpc) is 3.02. The Bertz CT molecular complexity index is 616. The highest BCUT2D eigenvalue weighted by Crippen LogP contribution is 2.26. The van der Waals surface area contributed by atoms with Gasteiger partial charge in [-0.25, -0.2) is 0 Å². The summed E-state index contributed by atoms with van der Waals surface area (Å²) < 4.78 is 0. The predicted molar refractivity (Wildman–Crippen MR) is 78.4 cm³/mol. The molecule has 3 N–H and O–H groups in total. The van der Waals surface area contributed by atoms with Crippen LogP contribution in [0.25, 0.3) is 11.3 Å². The Balaban J connectivity index is 1.93. The number of carbonyl (C=O) groups excluding carboxylic acids is 1. The van der Waals surface area contributed by atoms with Gasteiger partial charge in [-0.2, -0.15) is 0 Å². The topological polar surface area (TPSA) is 68.0 Å². The summed E-state index contributed by atoms with van der Waals surface area (Å²) in [6.07, 6.45) is 2.85. The molecule has 2 aromatic rings. The van der Waals surface area contributed by atoms with Gasteiger partial charge in [0, 0.05) is 18.3 Å². The zero-order valence-corrected chi connectivity index (χ0v) is 11.2. The maximum absolute atomic E-state index is 11.4. The van der Waals surface area contributed by atoms with Crippen molar-refractivity contribution in [1.29, 1.82) is 0 Å². The van der Waals surface area contributed by atoms with Crippen molar-refractivity contribution >= 4 is 5.91 Å². The lowest BCUT2D eigenvalue weighted by Crippen LogP contribution is -2.13. The van der Waals surface area contributed by atoms with E-state index in [9.17, 15) is 4.79 Å². The van der Waals surface area contributed by atoms with Crippen molar-refractivity contribution < 1.29 is 4.79 Å². The van der Waals surface area contributed by atoms with E-state index in [0.29, 0.717) is 17.2 Å². The van der Waals surface area contributed by atoms with Gasteiger partial charge in [-0.05, 0) is 36.6 Å². The van der Waals surface area contributed by atoms with Crippen LogP contribution in [0.15, 0.2) is 42.6 Å². The summed E-state index contributed by atoms with van der Waals surface area (Å²) in [4.78, 5) is 15.7. The van der Waals surface area contributed by atoms with Crippen molar-refractivity contribution in [3.8, 4) is 11.3 Å². The Morgan fingerprint density at radius 2 is 2.05 bits per heavy atom. The second-order valence-corrected chi connectivity index (χ2v) is 5.08. The molecule has 20 heavy (non-hydrogen) atoms. The highest BCUT2D eigenvalue weighted by molar-refractivity contribution is 5.98. The summed E-state index contributed by atoms with van der Waals surface area (Å²) in [5.41, 5.74) is 8.76. The van der Waals surface area contributed by atoms with Gasteiger partial charge in [0.25, 0.3) is 5.91 Å². The largest absolute Gasteiger partial charge is 0.366 e. The summed E-state index contributed by atoms with van der Waals surface area (Å²) >= 11 is 0. The van der Waals surface area contributed by atoms with Crippen LogP contribution in [0.5, 0.6) is 0 Å². The Morgan fingerprint density at radius 3 is 2.70 bits per heavy atom. The monoisotopic (exact) mass is 267 g/mol. The minimum Gasteiger partial charge on any atom is -0.366 e. The normalized spacial score (nSPS) is 18.1. The summed E-state index contributed by atoms with van der Waals surface area (Å²) in [6.45, 7) is 2.12. The summed E-state index contributed by atoms with van der Waals surface area (Å²) in [5.74, 6) is 0.139. The number of hydrogen-bond donors (Lipinski definition) is 2. The number of aromatic nitrogens is 1. The van der Waals surface area contributed by atoms with Crippen LogP contribution in [0.2, 0.25) is 0 Å². The van der Waals surface area contributed by atoms with E-state index in [1.54, 1.807) is 18.3 Å². The highest BCUT2D eigenvalue weighted by Gasteiger charge is 2.17. The highest BCUT2D eigenvalue weighted by atomic mass is 16.1. The first-order valence-electron chi connectivity index (χ1n) is 6.81. The molecule has 1 atom stereocenters. The number of nitrogens with zero attached hydrogens (tertiary/aromatic N) is 1. The van der Waals surface area contributed by atoms with E-state index in [0.717, 1.165) is 18.7 Å². The molecule has 4 nitrogen and oxygen atoms in total. The first kappa shape index (κ1) is 12.8. The Morgan fingerprint density at radius 1 is 1.25 bits per heavy atom. The van der Waals surface area contributed by atoms with Gasteiger partial charge in [0.2, 0.25) is 0 Å². The third-order valence-corrected chi connectivity index (χ3v) is 3.79. The van der Waals surface area contributed by atoms with Crippen molar-refractivity contribution in [2.75, 3.05) is 13.1 Å². The van der Waals surface area contributed by atoms with Crippen LogP contribution >= 0.6 is 0 Å². The minimum absolute atomic E-state index is 0.447. The smallest absolute Gasteiger partial charge is 0.250 e. The fourth-order valence-electron chi connectivity index (χ4n) is 2.69. The van der Waals surface area contributed by atoms with Gasteiger partial charge < -0.3 is 11.1 Å². The zero-order chi connectivity index (χ0) is 13.9. The fourth-order valence-corrected chi connectivity index (χ4v) is 2.69. The van der Waals surface area contributed by atoms with Crippen LogP contribution in [0.4, 0.5) is 0 Å².